The van der Waals surface area contributed by atoms with Gasteiger partial charge in [-0.15, -0.1) is 0 Å². The average molecular weight is 191 g/mol. The van der Waals surface area contributed by atoms with E-state index >= 15 is 0 Å². The molecule has 1 heterocycles. The summed E-state index contributed by atoms with van der Waals surface area (Å²) in [4.78, 5) is 0. The number of nitrogens with zero attached hydrogens (tertiary/aromatic N) is 1. The summed E-state index contributed by atoms with van der Waals surface area (Å²) in [5, 5.41) is 6.60. The van der Waals surface area contributed by atoms with Crippen molar-refractivity contribution in [3.8, 4) is 11.3 Å². The minimum absolute atomic E-state index is 0.237. The fraction of sp³-hybridized carbons (Fsp3) is 0.100. The van der Waals surface area contributed by atoms with E-state index in [9.17, 15) is 4.39 Å². The Morgan fingerprint density at radius 3 is 2.71 bits per heavy atom. The summed E-state index contributed by atoms with van der Waals surface area (Å²) >= 11 is 0. The highest BCUT2D eigenvalue weighted by atomic mass is 19.1. The van der Waals surface area contributed by atoms with Crippen molar-refractivity contribution in [1.29, 1.82) is 0 Å². The van der Waals surface area contributed by atoms with Crippen LogP contribution < -0.4 is 5.73 Å². The molecule has 3 nitrogen and oxygen atoms in total. The van der Waals surface area contributed by atoms with Crippen LogP contribution in [0.1, 0.15) is 5.56 Å². The van der Waals surface area contributed by atoms with Crippen LogP contribution in [0.25, 0.3) is 11.3 Å². The van der Waals surface area contributed by atoms with Gasteiger partial charge in [-0.1, -0.05) is 0 Å². The zero-order chi connectivity index (χ0) is 10.1. The standard InChI is InChI=1S/C10H10FN3/c1-6-4-7(11)2-3-8(6)9-5-10(12)14-13-9/h2-5H,1H3,(H3,12,13,14). The van der Waals surface area contributed by atoms with Crippen LogP contribution in [0, 0.1) is 12.7 Å². The molecular formula is C10H10FN3. The van der Waals surface area contributed by atoms with E-state index in [0.29, 0.717) is 5.82 Å². The smallest absolute Gasteiger partial charge is 0.145 e. The molecule has 3 N–H and O–H groups in total. The largest absolute Gasteiger partial charge is 0.382 e. The number of nitrogens with two attached hydrogens (primary N) is 1. The quantitative estimate of drug-likeness (QED) is 0.725. The number of aryl methyl sites for hydroxylation is 1. The number of anilines is 1. The first-order valence-corrected chi connectivity index (χ1v) is 4.24. The number of H-pyrrole nitrogens is 1. The second kappa shape index (κ2) is 3.14. The highest BCUT2D eigenvalue weighted by Crippen LogP contribution is 2.22. The van der Waals surface area contributed by atoms with E-state index < -0.39 is 0 Å². The van der Waals surface area contributed by atoms with Crippen molar-refractivity contribution in [3.05, 3.63) is 35.6 Å². The van der Waals surface area contributed by atoms with Crippen LogP contribution in [0.2, 0.25) is 0 Å². The number of aromatic amines is 1. The molecule has 0 unspecified atom stereocenters. The summed E-state index contributed by atoms with van der Waals surface area (Å²) in [6, 6.07) is 6.32. The molecule has 0 saturated heterocycles. The van der Waals surface area contributed by atoms with Gasteiger partial charge >= 0.3 is 0 Å². The minimum Gasteiger partial charge on any atom is -0.382 e. The molecule has 2 rings (SSSR count). The van der Waals surface area contributed by atoms with E-state index in [1.165, 1.54) is 12.1 Å². The van der Waals surface area contributed by atoms with Crippen LogP contribution >= 0.6 is 0 Å². The molecule has 0 aliphatic heterocycles. The zero-order valence-electron chi connectivity index (χ0n) is 7.71. The molecule has 14 heavy (non-hydrogen) atoms. The number of nitrogen functional groups attached to an aromatic ring is 1. The normalized spacial score (nSPS) is 10.4. The lowest BCUT2D eigenvalue weighted by Crippen LogP contribution is -1.85. The Labute approximate surface area is 80.8 Å². The summed E-state index contributed by atoms with van der Waals surface area (Å²) in [6.07, 6.45) is 0. The Balaban J connectivity index is 2.52. The van der Waals surface area contributed by atoms with E-state index in [-0.39, 0.29) is 5.82 Å². The fourth-order valence-corrected chi connectivity index (χ4v) is 1.40. The lowest BCUT2D eigenvalue weighted by molar-refractivity contribution is 0.627. The van der Waals surface area contributed by atoms with Crippen LogP contribution in [0.4, 0.5) is 10.2 Å². The van der Waals surface area contributed by atoms with E-state index in [1.807, 2.05) is 6.92 Å². The molecule has 2 aromatic rings. The number of halogens is 1. The van der Waals surface area contributed by atoms with Crippen LogP contribution in [0.15, 0.2) is 24.3 Å². The minimum atomic E-state index is -0.237. The lowest BCUT2D eigenvalue weighted by atomic mass is 10.1. The van der Waals surface area contributed by atoms with Crippen LogP contribution in [-0.4, -0.2) is 10.2 Å². The number of aromatic nitrogens is 2. The molecule has 0 spiro atoms. The Bertz CT molecular complexity index is 462. The third-order valence-corrected chi connectivity index (χ3v) is 2.08. The van der Waals surface area contributed by atoms with Gasteiger partial charge < -0.3 is 5.73 Å². The van der Waals surface area contributed by atoms with Gasteiger partial charge in [-0.2, -0.15) is 5.10 Å². The number of hydrogen-bond acceptors (Lipinski definition) is 2. The van der Waals surface area contributed by atoms with Crippen molar-refractivity contribution in [3.63, 3.8) is 0 Å². The number of hydrogen-bond donors (Lipinski definition) is 2. The van der Waals surface area contributed by atoms with Gasteiger partial charge in [0, 0.05) is 11.6 Å². The molecule has 0 fully saturated rings. The molecular weight excluding hydrogens is 181 g/mol. The van der Waals surface area contributed by atoms with Gasteiger partial charge in [0.1, 0.15) is 11.6 Å². The van der Waals surface area contributed by atoms with Gasteiger partial charge in [-0.3, -0.25) is 5.10 Å². The van der Waals surface area contributed by atoms with Crippen LogP contribution in [0.5, 0.6) is 0 Å². The Morgan fingerprint density at radius 2 is 2.14 bits per heavy atom. The maximum absolute atomic E-state index is 12.8. The van der Waals surface area contributed by atoms with E-state index in [2.05, 4.69) is 10.2 Å². The lowest BCUT2D eigenvalue weighted by Gasteiger charge is -2.01. The van der Waals surface area contributed by atoms with Crippen molar-refractivity contribution in [2.24, 2.45) is 0 Å². The maximum atomic E-state index is 12.8. The molecule has 0 aliphatic carbocycles. The predicted molar refractivity (Wildman–Crippen MR) is 53.1 cm³/mol. The Kier molecular flexibility index (Phi) is 1.96. The van der Waals surface area contributed by atoms with Crippen molar-refractivity contribution < 1.29 is 4.39 Å². The summed E-state index contributed by atoms with van der Waals surface area (Å²) in [7, 11) is 0. The first kappa shape index (κ1) is 8.74. The highest BCUT2D eigenvalue weighted by Gasteiger charge is 2.05. The first-order chi connectivity index (χ1) is 6.66. The van der Waals surface area contributed by atoms with E-state index in [0.717, 1.165) is 16.8 Å². The number of nitrogens with one attached hydrogen (secondary N) is 1. The molecule has 0 bridgehead atoms. The zero-order valence-corrected chi connectivity index (χ0v) is 7.71. The summed E-state index contributed by atoms with van der Waals surface area (Å²) in [6.45, 7) is 1.84. The van der Waals surface area contributed by atoms with E-state index in [1.54, 1.807) is 12.1 Å². The predicted octanol–water partition coefficient (Wildman–Crippen LogP) is 2.11. The maximum Gasteiger partial charge on any atom is 0.145 e. The van der Waals surface area contributed by atoms with Crippen LogP contribution in [-0.2, 0) is 0 Å². The average Bonchev–Trinajstić information content (AvgIpc) is 2.51. The number of rotatable bonds is 1. The topological polar surface area (TPSA) is 54.7 Å². The fourth-order valence-electron chi connectivity index (χ4n) is 1.40. The molecule has 1 aromatic carbocycles. The van der Waals surface area contributed by atoms with Crippen molar-refractivity contribution in [2.45, 2.75) is 6.92 Å². The van der Waals surface area contributed by atoms with Gasteiger partial charge in [0.25, 0.3) is 0 Å². The molecule has 0 aliphatic rings. The second-order valence-electron chi connectivity index (χ2n) is 3.17. The Hall–Kier alpha value is -1.84. The van der Waals surface area contributed by atoms with Crippen molar-refractivity contribution in [1.82, 2.24) is 10.2 Å². The molecule has 0 amide bonds. The summed E-state index contributed by atoms with van der Waals surface area (Å²) < 4.78 is 12.8. The highest BCUT2D eigenvalue weighted by molar-refractivity contribution is 5.65. The third kappa shape index (κ3) is 1.46. The number of benzene rings is 1. The molecule has 0 radical (unpaired) electrons. The van der Waals surface area contributed by atoms with Crippen molar-refractivity contribution >= 4 is 5.82 Å². The molecule has 0 atom stereocenters. The van der Waals surface area contributed by atoms with Crippen molar-refractivity contribution in [2.75, 3.05) is 5.73 Å². The molecule has 0 saturated carbocycles. The van der Waals surface area contributed by atoms with Crippen LogP contribution in [0.3, 0.4) is 0 Å². The van der Waals surface area contributed by atoms with Gasteiger partial charge in [0.05, 0.1) is 5.69 Å². The Morgan fingerprint density at radius 1 is 1.36 bits per heavy atom. The first-order valence-electron chi connectivity index (χ1n) is 4.24. The molecule has 72 valence electrons. The molecule has 4 heteroatoms. The van der Waals surface area contributed by atoms with Gasteiger partial charge in [-0.25, -0.2) is 4.39 Å². The summed E-state index contributed by atoms with van der Waals surface area (Å²) in [5.41, 5.74) is 8.05. The van der Waals surface area contributed by atoms with Gasteiger partial charge in [0.2, 0.25) is 0 Å². The molecule has 1 aromatic heterocycles. The second-order valence-corrected chi connectivity index (χ2v) is 3.17. The SMILES string of the molecule is Cc1cc(F)ccc1-c1cc(N)n[nH]1. The summed E-state index contributed by atoms with van der Waals surface area (Å²) in [5.74, 6) is 0.197. The van der Waals surface area contributed by atoms with Gasteiger partial charge in [0.15, 0.2) is 0 Å². The van der Waals surface area contributed by atoms with Gasteiger partial charge in [-0.05, 0) is 30.7 Å². The van der Waals surface area contributed by atoms with E-state index in [4.69, 9.17) is 5.73 Å². The third-order valence-electron chi connectivity index (χ3n) is 2.08. The monoisotopic (exact) mass is 191 g/mol.